The van der Waals surface area contributed by atoms with Gasteiger partial charge in [0.25, 0.3) is 0 Å². The van der Waals surface area contributed by atoms with Gasteiger partial charge in [-0.05, 0) is 71.8 Å². The average Bonchev–Trinajstić information content (AvgIpc) is 3.66. The first kappa shape index (κ1) is 25.8. The summed E-state index contributed by atoms with van der Waals surface area (Å²) in [7, 11) is 0. The van der Waals surface area contributed by atoms with Crippen LogP contribution < -0.4 is 4.90 Å². The molecule has 0 atom stereocenters. The van der Waals surface area contributed by atoms with Crippen LogP contribution >= 0.6 is 11.3 Å². The van der Waals surface area contributed by atoms with Gasteiger partial charge >= 0.3 is 0 Å². The molecule has 2 aromatic heterocycles. The Bertz CT molecular complexity index is 2470. The van der Waals surface area contributed by atoms with Crippen molar-refractivity contribution in [3.63, 3.8) is 0 Å². The second-order valence-electron chi connectivity index (χ2n) is 11.3. The van der Waals surface area contributed by atoms with Crippen LogP contribution in [0.15, 0.2) is 170 Å². The molecule has 0 fully saturated rings. The Hall–Kier alpha value is -5.64. The monoisotopic (exact) mass is 592 g/mol. The summed E-state index contributed by atoms with van der Waals surface area (Å²) >= 11 is 1.86. The van der Waals surface area contributed by atoms with Crippen molar-refractivity contribution in [2.45, 2.75) is 0 Å². The molecule has 212 valence electrons. The van der Waals surface area contributed by atoms with Crippen molar-refractivity contribution in [1.82, 2.24) is 4.57 Å². The van der Waals surface area contributed by atoms with Gasteiger partial charge in [0.05, 0.1) is 22.4 Å². The van der Waals surface area contributed by atoms with Crippen LogP contribution in [0.1, 0.15) is 0 Å². The Balaban J connectivity index is 1.46. The van der Waals surface area contributed by atoms with E-state index in [0.717, 1.165) is 17.1 Å². The van der Waals surface area contributed by atoms with Crippen LogP contribution in [0.4, 0.5) is 17.1 Å². The number of para-hydroxylation sites is 2. The van der Waals surface area contributed by atoms with Gasteiger partial charge in [0.1, 0.15) is 0 Å². The summed E-state index contributed by atoms with van der Waals surface area (Å²) in [4.78, 5) is 2.47. The average molecular weight is 593 g/mol. The van der Waals surface area contributed by atoms with E-state index in [1.807, 2.05) is 11.3 Å². The maximum absolute atomic E-state index is 2.47. The molecule has 0 bridgehead atoms. The summed E-state index contributed by atoms with van der Waals surface area (Å²) in [6, 6.07) is 61.3. The van der Waals surface area contributed by atoms with Gasteiger partial charge in [-0.25, -0.2) is 0 Å². The lowest BCUT2D eigenvalue weighted by Gasteiger charge is -2.27. The van der Waals surface area contributed by atoms with Crippen LogP contribution in [0.25, 0.3) is 58.8 Å². The van der Waals surface area contributed by atoms with E-state index in [9.17, 15) is 0 Å². The van der Waals surface area contributed by atoms with E-state index in [0.29, 0.717) is 0 Å². The van der Waals surface area contributed by atoms with E-state index >= 15 is 0 Å². The maximum atomic E-state index is 2.47. The van der Waals surface area contributed by atoms with Crippen LogP contribution in [0.5, 0.6) is 0 Å². The topological polar surface area (TPSA) is 8.17 Å². The Labute approximate surface area is 265 Å². The summed E-state index contributed by atoms with van der Waals surface area (Å²) in [5.41, 5.74) is 9.43. The summed E-state index contributed by atoms with van der Waals surface area (Å²) in [6.07, 6.45) is 0. The van der Waals surface area contributed by atoms with Crippen molar-refractivity contribution in [1.29, 1.82) is 0 Å². The first-order chi connectivity index (χ1) is 22.4. The molecule has 0 spiro atoms. The SMILES string of the molecule is c1ccc(-c2cccc3c2c2c(N(c4ccccc4)c4cccc5sc6ccccc6c45)cccc2n3-c2ccccc2)cc1. The van der Waals surface area contributed by atoms with E-state index in [1.54, 1.807) is 0 Å². The molecule has 2 nitrogen and oxygen atoms in total. The smallest absolute Gasteiger partial charge is 0.0562 e. The lowest BCUT2D eigenvalue weighted by atomic mass is 9.98. The largest absolute Gasteiger partial charge is 0.309 e. The molecule has 0 aliphatic carbocycles. The standard InChI is InChI=1S/C42H28N2S/c1-4-15-29(16-5-1)32-22-12-23-35-41(32)42-36(24-13-25-37(42)44(35)31-19-8-3-9-20-31)43(30-17-6-2-7-18-30)34-26-14-28-39-40(34)33-21-10-11-27-38(33)45-39/h1-28H. The van der Waals surface area contributed by atoms with Crippen LogP contribution in [0.3, 0.4) is 0 Å². The quantitative estimate of drug-likeness (QED) is 0.193. The number of aromatic nitrogens is 1. The zero-order valence-electron chi connectivity index (χ0n) is 24.5. The molecule has 7 aromatic carbocycles. The summed E-state index contributed by atoms with van der Waals surface area (Å²) in [5.74, 6) is 0. The van der Waals surface area contributed by atoms with Gasteiger partial charge in [0, 0.05) is 42.3 Å². The Morgan fingerprint density at radius 1 is 0.422 bits per heavy atom. The van der Waals surface area contributed by atoms with Crippen LogP contribution in [-0.4, -0.2) is 4.57 Å². The van der Waals surface area contributed by atoms with E-state index in [4.69, 9.17) is 0 Å². The molecule has 0 saturated carbocycles. The molecule has 0 radical (unpaired) electrons. The Morgan fingerprint density at radius 3 is 1.78 bits per heavy atom. The van der Waals surface area contributed by atoms with Gasteiger partial charge in [0.2, 0.25) is 0 Å². The number of fused-ring (bicyclic) bond motifs is 6. The Morgan fingerprint density at radius 2 is 1.00 bits per heavy atom. The molecule has 0 N–H and O–H groups in total. The van der Waals surface area contributed by atoms with Crippen molar-refractivity contribution >= 4 is 70.4 Å². The number of rotatable bonds is 5. The van der Waals surface area contributed by atoms with Crippen molar-refractivity contribution in [2.24, 2.45) is 0 Å². The second kappa shape index (κ2) is 10.5. The fourth-order valence-electron chi connectivity index (χ4n) is 6.92. The minimum atomic E-state index is 1.13. The van der Waals surface area contributed by atoms with E-state index in [-0.39, 0.29) is 0 Å². The molecule has 0 aliphatic rings. The van der Waals surface area contributed by atoms with Crippen molar-refractivity contribution in [3.8, 4) is 16.8 Å². The molecular weight excluding hydrogens is 565 g/mol. The minimum absolute atomic E-state index is 1.13. The Kier molecular flexibility index (Phi) is 6.03. The molecule has 45 heavy (non-hydrogen) atoms. The maximum Gasteiger partial charge on any atom is 0.0562 e. The molecular formula is C42H28N2S. The third-order valence-electron chi connectivity index (χ3n) is 8.77. The summed E-state index contributed by atoms with van der Waals surface area (Å²) in [5, 5.41) is 5.06. The zero-order chi connectivity index (χ0) is 29.7. The number of hydrogen-bond donors (Lipinski definition) is 0. The molecule has 0 unspecified atom stereocenters. The number of anilines is 3. The van der Waals surface area contributed by atoms with Gasteiger partial charge in [-0.15, -0.1) is 11.3 Å². The van der Waals surface area contributed by atoms with Crippen molar-refractivity contribution < 1.29 is 0 Å². The molecule has 3 heteroatoms. The van der Waals surface area contributed by atoms with E-state index in [1.165, 1.54) is 58.8 Å². The molecule has 0 aliphatic heterocycles. The number of hydrogen-bond acceptors (Lipinski definition) is 2. The number of thiophene rings is 1. The van der Waals surface area contributed by atoms with Crippen molar-refractivity contribution in [3.05, 3.63) is 170 Å². The highest BCUT2D eigenvalue weighted by molar-refractivity contribution is 7.26. The van der Waals surface area contributed by atoms with E-state index < -0.39 is 0 Å². The van der Waals surface area contributed by atoms with Gasteiger partial charge in [-0.1, -0.05) is 109 Å². The first-order valence-corrected chi connectivity index (χ1v) is 16.1. The number of benzene rings is 7. The molecule has 2 heterocycles. The molecule has 0 amide bonds. The van der Waals surface area contributed by atoms with Gasteiger partial charge in [-0.3, -0.25) is 0 Å². The van der Waals surface area contributed by atoms with Gasteiger partial charge < -0.3 is 9.47 Å². The lowest BCUT2D eigenvalue weighted by Crippen LogP contribution is -2.10. The minimum Gasteiger partial charge on any atom is -0.309 e. The molecule has 9 rings (SSSR count). The second-order valence-corrected chi connectivity index (χ2v) is 12.4. The highest BCUT2D eigenvalue weighted by atomic mass is 32.1. The normalized spacial score (nSPS) is 11.6. The van der Waals surface area contributed by atoms with Crippen LogP contribution in [0, 0.1) is 0 Å². The summed E-state index contributed by atoms with van der Waals surface area (Å²) < 4.78 is 5.02. The predicted molar refractivity (Wildman–Crippen MR) is 194 cm³/mol. The predicted octanol–water partition coefficient (Wildman–Crippen LogP) is 12.3. The summed E-state index contributed by atoms with van der Waals surface area (Å²) in [6.45, 7) is 0. The highest BCUT2D eigenvalue weighted by Crippen LogP contribution is 2.49. The van der Waals surface area contributed by atoms with E-state index in [2.05, 4.69) is 179 Å². The van der Waals surface area contributed by atoms with Crippen LogP contribution in [0.2, 0.25) is 0 Å². The molecule has 9 aromatic rings. The third kappa shape index (κ3) is 4.09. The van der Waals surface area contributed by atoms with Gasteiger partial charge in [-0.2, -0.15) is 0 Å². The lowest BCUT2D eigenvalue weighted by molar-refractivity contribution is 1.18. The van der Waals surface area contributed by atoms with Crippen molar-refractivity contribution in [2.75, 3.05) is 4.90 Å². The third-order valence-corrected chi connectivity index (χ3v) is 9.91. The fourth-order valence-corrected chi connectivity index (χ4v) is 8.04. The fraction of sp³-hybridized carbons (Fsp3) is 0. The molecule has 0 saturated heterocycles. The zero-order valence-corrected chi connectivity index (χ0v) is 25.3. The van der Waals surface area contributed by atoms with Gasteiger partial charge in [0.15, 0.2) is 0 Å². The first-order valence-electron chi connectivity index (χ1n) is 15.3. The number of nitrogens with zero attached hydrogens (tertiary/aromatic N) is 2. The highest BCUT2D eigenvalue weighted by Gasteiger charge is 2.24. The van der Waals surface area contributed by atoms with Crippen LogP contribution in [-0.2, 0) is 0 Å².